The number of hydrogen-bond acceptors (Lipinski definition) is 3. The van der Waals surface area contributed by atoms with E-state index in [1.807, 2.05) is 0 Å². The lowest BCUT2D eigenvalue weighted by Gasteiger charge is -2.32. The van der Waals surface area contributed by atoms with Crippen LogP contribution in [0.4, 0.5) is 5.69 Å². The molecule has 3 atom stereocenters. The lowest BCUT2D eigenvalue weighted by molar-refractivity contribution is 0.205. The van der Waals surface area contributed by atoms with Gasteiger partial charge < -0.3 is 14.5 Å². The molecule has 31 heavy (non-hydrogen) atoms. The standard InChI is InChI=1S/C28H40N2O/c1-22(23-8-9-24-20-26(24)19-23)12-17-30-16-5-7-25-21-27(10-11-28(25)30)31-18-6-15-29-13-3-2-4-14-29/h8-11,19,21-22,24,26H,2-7,12-18,20H2,1H3/t22-,24?,26?/m0/s1. The highest BCUT2D eigenvalue weighted by atomic mass is 16.5. The van der Waals surface area contributed by atoms with Crippen molar-refractivity contribution in [3.8, 4) is 5.75 Å². The van der Waals surface area contributed by atoms with Crippen molar-refractivity contribution in [2.24, 2.45) is 17.8 Å². The van der Waals surface area contributed by atoms with Crippen molar-refractivity contribution in [1.29, 1.82) is 0 Å². The Morgan fingerprint density at radius 1 is 1.03 bits per heavy atom. The summed E-state index contributed by atoms with van der Waals surface area (Å²) in [7, 11) is 0. The van der Waals surface area contributed by atoms with Gasteiger partial charge in [-0.1, -0.05) is 31.6 Å². The Hall–Kier alpha value is -1.74. The van der Waals surface area contributed by atoms with Gasteiger partial charge in [-0.3, -0.25) is 0 Å². The number of ether oxygens (including phenoxy) is 1. The molecule has 3 nitrogen and oxygen atoms in total. The molecular formula is C28H40N2O. The van der Waals surface area contributed by atoms with Crippen molar-refractivity contribution in [2.45, 2.75) is 58.3 Å². The molecule has 168 valence electrons. The van der Waals surface area contributed by atoms with Gasteiger partial charge in [-0.2, -0.15) is 0 Å². The third kappa shape index (κ3) is 5.37. The van der Waals surface area contributed by atoms with Gasteiger partial charge in [0.1, 0.15) is 5.75 Å². The van der Waals surface area contributed by atoms with E-state index < -0.39 is 0 Å². The summed E-state index contributed by atoms with van der Waals surface area (Å²) in [5.41, 5.74) is 4.49. The fraction of sp³-hybridized carbons (Fsp3) is 0.643. The van der Waals surface area contributed by atoms with Gasteiger partial charge in [0.25, 0.3) is 0 Å². The molecule has 2 aliphatic heterocycles. The van der Waals surface area contributed by atoms with Gasteiger partial charge in [0.2, 0.25) is 0 Å². The first-order valence-electron chi connectivity index (χ1n) is 12.9. The van der Waals surface area contributed by atoms with Crippen LogP contribution in [0.2, 0.25) is 0 Å². The summed E-state index contributed by atoms with van der Waals surface area (Å²) in [5, 5.41) is 0. The molecule has 0 aromatic heterocycles. The first kappa shape index (κ1) is 21.1. The highest BCUT2D eigenvalue weighted by molar-refractivity contribution is 5.58. The van der Waals surface area contributed by atoms with Gasteiger partial charge in [0.05, 0.1) is 6.61 Å². The van der Waals surface area contributed by atoms with Crippen LogP contribution in [0.3, 0.4) is 0 Å². The second kappa shape index (κ2) is 9.81. The third-order valence-electron chi connectivity index (χ3n) is 7.84. The number of likely N-dealkylation sites (tertiary alicyclic amines) is 1. The van der Waals surface area contributed by atoms with E-state index >= 15 is 0 Å². The van der Waals surface area contributed by atoms with Gasteiger partial charge in [0.15, 0.2) is 0 Å². The maximum atomic E-state index is 6.13. The van der Waals surface area contributed by atoms with E-state index in [1.54, 1.807) is 5.57 Å². The average molecular weight is 421 g/mol. The molecule has 2 heterocycles. The number of aryl methyl sites for hydroxylation is 1. The molecule has 2 unspecified atom stereocenters. The molecule has 0 amide bonds. The maximum absolute atomic E-state index is 6.13. The highest BCUT2D eigenvalue weighted by Crippen LogP contribution is 2.45. The molecule has 5 rings (SSSR count). The van der Waals surface area contributed by atoms with Crippen LogP contribution < -0.4 is 9.64 Å². The minimum Gasteiger partial charge on any atom is -0.494 e. The number of fused-ring (bicyclic) bond motifs is 2. The van der Waals surface area contributed by atoms with E-state index in [1.165, 1.54) is 82.4 Å². The van der Waals surface area contributed by atoms with E-state index in [0.29, 0.717) is 5.92 Å². The Balaban J connectivity index is 1.10. The van der Waals surface area contributed by atoms with Crippen molar-refractivity contribution in [3.63, 3.8) is 0 Å². The Kier molecular flexibility index (Phi) is 6.69. The molecular weight excluding hydrogens is 380 g/mol. The van der Waals surface area contributed by atoms with Crippen LogP contribution in [0.25, 0.3) is 0 Å². The Labute approximate surface area is 189 Å². The van der Waals surface area contributed by atoms with E-state index in [-0.39, 0.29) is 0 Å². The summed E-state index contributed by atoms with van der Waals surface area (Å²) < 4.78 is 6.13. The van der Waals surface area contributed by atoms with Crippen LogP contribution in [0.1, 0.15) is 57.4 Å². The largest absolute Gasteiger partial charge is 0.494 e. The number of hydrogen-bond donors (Lipinski definition) is 0. The minimum atomic E-state index is 0.658. The van der Waals surface area contributed by atoms with Crippen LogP contribution in [-0.2, 0) is 6.42 Å². The zero-order valence-electron chi connectivity index (χ0n) is 19.4. The molecule has 1 aromatic carbocycles. The van der Waals surface area contributed by atoms with Crippen LogP contribution >= 0.6 is 0 Å². The molecule has 1 saturated heterocycles. The van der Waals surface area contributed by atoms with E-state index in [2.05, 4.69) is 53.2 Å². The minimum absolute atomic E-state index is 0.658. The van der Waals surface area contributed by atoms with Crippen LogP contribution in [0.5, 0.6) is 5.75 Å². The zero-order valence-corrected chi connectivity index (χ0v) is 19.4. The number of benzene rings is 1. The first-order chi connectivity index (χ1) is 15.3. The monoisotopic (exact) mass is 420 g/mol. The van der Waals surface area contributed by atoms with Gasteiger partial charge in [-0.25, -0.2) is 0 Å². The summed E-state index contributed by atoms with van der Waals surface area (Å²) in [6.07, 6.45) is 17.7. The smallest absolute Gasteiger partial charge is 0.119 e. The Morgan fingerprint density at radius 2 is 1.94 bits per heavy atom. The Morgan fingerprint density at radius 3 is 2.81 bits per heavy atom. The lowest BCUT2D eigenvalue weighted by atomic mass is 9.92. The second-order valence-electron chi connectivity index (χ2n) is 10.3. The topological polar surface area (TPSA) is 15.7 Å². The predicted octanol–water partition coefficient (Wildman–Crippen LogP) is 5.85. The molecule has 2 fully saturated rings. The molecule has 0 radical (unpaired) electrons. The van der Waals surface area contributed by atoms with Crippen LogP contribution in [0.15, 0.2) is 42.0 Å². The van der Waals surface area contributed by atoms with Crippen molar-refractivity contribution < 1.29 is 4.74 Å². The normalized spacial score (nSPS) is 26.1. The summed E-state index contributed by atoms with van der Waals surface area (Å²) in [4.78, 5) is 5.21. The molecule has 1 aromatic rings. The Bertz CT molecular complexity index is 807. The average Bonchev–Trinajstić information content (AvgIpc) is 3.60. The maximum Gasteiger partial charge on any atom is 0.119 e. The summed E-state index contributed by atoms with van der Waals surface area (Å²) in [6.45, 7) is 9.33. The van der Waals surface area contributed by atoms with Gasteiger partial charge in [-0.15, -0.1) is 0 Å². The van der Waals surface area contributed by atoms with Crippen molar-refractivity contribution in [1.82, 2.24) is 4.90 Å². The molecule has 0 spiro atoms. The molecule has 2 aliphatic carbocycles. The first-order valence-corrected chi connectivity index (χ1v) is 12.9. The fourth-order valence-electron chi connectivity index (χ4n) is 5.67. The second-order valence-corrected chi connectivity index (χ2v) is 10.3. The van der Waals surface area contributed by atoms with E-state index in [0.717, 1.165) is 37.2 Å². The molecule has 3 heteroatoms. The number of piperidine rings is 1. The molecule has 0 bridgehead atoms. The van der Waals surface area contributed by atoms with Crippen molar-refractivity contribution in [3.05, 3.63) is 47.6 Å². The predicted molar refractivity (Wildman–Crippen MR) is 130 cm³/mol. The fourth-order valence-corrected chi connectivity index (χ4v) is 5.67. The summed E-state index contributed by atoms with van der Waals surface area (Å²) in [5.74, 6) is 3.44. The quantitative estimate of drug-likeness (QED) is 0.466. The van der Waals surface area contributed by atoms with Crippen LogP contribution in [-0.4, -0.2) is 44.2 Å². The van der Waals surface area contributed by atoms with Gasteiger partial charge >= 0.3 is 0 Å². The third-order valence-corrected chi connectivity index (χ3v) is 7.84. The number of rotatable bonds is 9. The molecule has 1 saturated carbocycles. The van der Waals surface area contributed by atoms with Gasteiger partial charge in [-0.05, 0) is 105 Å². The van der Waals surface area contributed by atoms with Crippen molar-refractivity contribution >= 4 is 5.69 Å². The van der Waals surface area contributed by atoms with E-state index in [4.69, 9.17) is 4.74 Å². The number of nitrogens with zero attached hydrogens (tertiary/aromatic N) is 2. The highest BCUT2D eigenvalue weighted by Gasteiger charge is 2.35. The van der Waals surface area contributed by atoms with E-state index in [9.17, 15) is 0 Å². The molecule has 4 aliphatic rings. The SMILES string of the molecule is C[C@@H](CCN1CCCc2cc(OCCCN3CCCCC3)ccc21)C1=CC2CC2C=C1. The summed E-state index contributed by atoms with van der Waals surface area (Å²) in [6, 6.07) is 6.82. The van der Waals surface area contributed by atoms with Crippen LogP contribution in [0, 0.1) is 17.8 Å². The zero-order chi connectivity index (χ0) is 21.0. The van der Waals surface area contributed by atoms with Gasteiger partial charge in [0, 0.05) is 25.3 Å². The molecule has 0 N–H and O–H groups in total. The summed E-state index contributed by atoms with van der Waals surface area (Å²) >= 11 is 0. The number of allylic oxidation sites excluding steroid dienone is 4. The number of anilines is 1. The van der Waals surface area contributed by atoms with Crippen molar-refractivity contribution in [2.75, 3.05) is 44.2 Å². The lowest BCUT2D eigenvalue weighted by Crippen LogP contribution is -2.31.